The molecule has 0 unspecified atom stereocenters. The van der Waals surface area contributed by atoms with E-state index in [9.17, 15) is 4.79 Å². The van der Waals surface area contributed by atoms with Gasteiger partial charge in [0.25, 0.3) is 5.91 Å². The van der Waals surface area contributed by atoms with Crippen LogP contribution in [0.2, 0.25) is 0 Å². The van der Waals surface area contributed by atoms with Crippen molar-refractivity contribution in [2.24, 2.45) is 12.1 Å². The fraction of sp³-hybridized carbons (Fsp3) is 0.259. The van der Waals surface area contributed by atoms with Crippen molar-refractivity contribution in [1.29, 1.82) is 0 Å². The number of fused-ring (bicyclic) bond motifs is 1. The maximum atomic E-state index is 13.1. The Morgan fingerprint density at radius 1 is 1.15 bits per heavy atom. The molecule has 0 saturated carbocycles. The van der Waals surface area contributed by atoms with Gasteiger partial charge in [0.1, 0.15) is 5.75 Å². The first-order chi connectivity index (χ1) is 16.5. The molecular weight excluding hydrogens is 426 g/mol. The van der Waals surface area contributed by atoms with Crippen molar-refractivity contribution in [2.45, 2.75) is 33.6 Å². The summed E-state index contributed by atoms with van der Waals surface area (Å²) in [6.45, 7) is 6.72. The minimum Gasteiger partial charge on any atom is -0.494 e. The molecule has 174 valence electrons. The van der Waals surface area contributed by atoms with Gasteiger partial charge in [0, 0.05) is 29.3 Å². The van der Waals surface area contributed by atoms with Crippen LogP contribution in [-0.4, -0.2) is 33.5 Å². The van der Waals surface area contributed by atoms with E-state index < -0.39 is 0 Å². The molecule has 2 heterocycles. The van der Waals surface area contributed by atoms with E-state index in [1.54, 1.807) is 17.0 Å². The highest BCUT2D eigenvalue weighted by atomic mass is 16.5. The smallest absolute Gasteiger partial charge is 0.272 e. The van der Waals surface area contributed by atoms with E-state index in [1.807, 2.05) is 69.4 Å². The molecule has 34 heavy (non-hydrogen) atoms. The molecule has 7 nitrogen and oxygen atoms in total. The molecule has 0 aliphatic rings. The molecule has 0 bridgehead atoms. The second-order valence-electron chi connectivity index (χ2n) is 8.21. The molecule has 2 aromatic carbocycles. The number of carbonyl (C=O) groups excluding carboxylic acids is 1. The van der Waals surface area contributed by atoms with Gasteiger partial charge in [-0.2, -0.15) is 10.2 Å². The van der Waals surface area contributed by atoms with Crippen molar-refractivity contribution >= 4 is 23.0 Å². The summed E-state index contributed by atoms with van der Waals surface area (Å²) in [7, 11) is 1.88. The Hall–Kier alpha value is -4.00. The van der Waals surface area contributed by atoms with E-state index in [0.717, 1.165) is 52.0 Å². The molecule has 7 heteroatoms. The zero-order chi connectivity index (χ0) is 24.1. The van der Waals surface area contributed by atoms with Crippen LogP contribution in [0.4, 0.5) is 0 Å². The molecule has 0 fully saturated rings. The lowest BCUT2D eigenvalue weighted by Crippen LogP contribution is -2.18. The average Bonchev–Trinajstić information content (AvgIpc) is 3.09. The summed E-state index contributed by atoms with van der Waals surface area (Å²) in [5, 5.41) is 9.34. The highest BCUT2D eigenvalue weighted by Crippen LogP contribution is 2.26. The van der Waals surface area contributed by atoms with Gasteiger partial charge < -0.3 is 4.74 Å². The van der Waals surface area contributed by atoms with Crippen molar-refractivity contribution in [3.8, 4) is 17.0 Å². The number of hydrogen-bond donors (Lipinski definition) is 1. The third-order valence-electron chi connectivity index (χ3n) is 5.80. The summed E-state index contributed by atoms with van der Waals surface area (Å²) in [5.74, 6) is 0.529. The van der Waals surface area contributed by atoms with Crippen molar-refractivity contribution < 1.29 is 9.53 Å². The standard InChI is InChI=1S/C27H29N5O2/c1-5-6-15-34-21-13-11-20(12-14-21)26-16-23(22-9-7-8-10-25(22)29-26)27(33)30-28-17-24-18(2)31-32(4)19(24)3/h7-14,16-17H,5-6,15H2,1-4H3,(H,30,33). The fourth-order valence-corrected chi connectivity index (χ4v) is 3.76. The highest BCUT2D eigenvalue weighted by molar-refractivity contribution is 6.07. The Bertz CT molecular complexity index is 1340. The number of nitrogens with zero attached hydrogens (tertiary/aromatic N) is 4. The van der Waals surface area contributed by atoms with Crippen molar-refractivity contribution in [3.05, 3.63) is 77.1 Å². The minimum atomic E-state index is -0.296. The van der Waals surface area contributed by atoms with E-state index >= 15 is 0 Å². The molecule has 2 aromatic heterocycles. The van der Waals surface area contributed by atoms with Gasteiger partial charge in [0.2, 0.25) is 0 Å². The topological polar surface area (TPSA) is 81.4 Å². The van der Waals surface area contributed by atoms with Gasteiger partial charge in [-0.05, 0) is 56.7 Å². The first kappa shape index (κ1) is 23.2. The zero-order valence-corrected chi connectivity index (χ0v) is 20.0. The Morgan fingerprint density at radius 3 is 2.62 bits per heavy atom. The van der Waals surface area contributed by atoms with Gasteiger partial charge in [-0.25, -0.2) is 10.4 Å². The molecule has 0 aliphatic carbocycles. The van der Waals surface area contributed by atoms with Crippen molar-refractivity contribution in [2.75, 3.05) is 6.61 Å². The Morgan fingerprint density at radius 2 is 1.91 bits per heavy atom. The molecule has 0 aliphatic heterocycles. The lowest BCUT2D eigenvalue weighted by Gasteiger charge is -2.10. The summed E-state index contributed by atoms with van der Waals surface area (Å²) in [5.41, 5.74) is 8.28. The number of para-hydroxylation sites is 1. The number of amides is 1. The number of nitrogens with one attached hydrogen (secondary N) is 1. The minimum absolute atomic E-state index is 0.296. The van der Waals surface area contributed by atoms with Gasteiger partial charge in [-0.1, -0.05) is 31.5 Å². The Labute approximate surface area is 199 Å². The maximum absolute atomic E-state index is 13.1. The molecule has 1 N–H and O–H groups in total. The van der Waals surface area contributed by atoms with Crippen LogP contribution in [0.15, 0.2) is 59.7 Å². The number of hydrazone groups is 1. The molecule has 0 saturated heterocycles. The number of unbranched alkanes of at least 4 members (excludes halogenated alkanes) is 1. The largest absolute Gasteiger partial charge is 0.494 e. The molecule has 4 rings (SSSR count). The van der Waals surface area contributed by atoms with Crippen LogP contribution >= 0.6 is 0 Å². The number of benzene rings is 2. The Kier molecular flexibility index (Phi) is 7.01. The van der Waals surface area contributed by atoms with Crippen LogP contribution in [0.5, 0.6) is 5.75 Å². The van der Waals surface area contributed by atoms with Gasteiger partial charge in [0.05, 0.1) is 35.3 Å². The van der Waals surface area contributed by atoms with E-state index in [4.69, 9.17) is 9.72 Å². The van der Waals surface area contributed by atoms with Gasteiger partial charge in [-0.3, -0.25) is 9.48 Å². The van der Waals surface area contributed by atoms with Crippen LogP contribution in [0.25, 0.3) is 22.2 Å². The number of aromatic nitrogens is 3. The molecule has 1 amide bonds. The number of rotatable bonds is 8. The van der Waals surface area contributed by atoms with E-state index in [2.05, 4.69) is 22.5 Å². The van der Waals surface area contributed by atoms with Crippen molar-refractivity contribution in [3.63, 3.8) is 0 Å². The zero-order valence-electron chi connectivity index (χ0n) is 20.0. The highest BCUT2D eigenvalue weighted by Gasteiger charge is 2.14. The SMILES string of the molecule is CCCCOc1ccc(-c2cc(C(=O)NN=Cc3c(C)nn(C)c3C)c3ccccc3n2)cc1. The Balaban J connectivity index is 1.61. The second-order valence-corrected chi connectivity index (χ2v) is 8.21. The van der Waals surface area contributed by atoms with Crippen LogP contribution in [0.3, 0.4) is 0 Å². The molecule has 0 spiro atoms. The molecule has 0 radical (unpaired) electrons. The first-order valence-corrected chi connectivity index (χ1v) is 11.4. The number of hydrogen-bond acceptors (Lipinski definition) is 5. The summed E-state index contributed by atoms with van der Waals surface area (Å²) >= 11 is 0. The van der Waals surface area contributed by atoms with Crippen LogP contribution in [-0.2, 0) is 7.05 Å². The third kappa shape index (κ3) is 4.98. The van der Waals surface area contributed by atoms with Crippen LogP contribution in [0, 0.1) is 13.8 Å². The summed E-state index contributed by atoms with van der Waals surface area (Å²) in [6.07, 6.45) is 3.75. The molecule has 0 atom stereocenters. The third-order valence-corrected chi connectivity index (χ3v) is 5.80. The lowest BCUT2D eigenvalue weighted by molar-refractivity contribution is 0.0956. The number of ether oxygens (including phenoxy) is 1. The fourth-order valence-electron chi connectivity index (χ4n) is 3.76. The van der Waals surface area contributed by atoms with E-state index in [-0.39, 0.29) is 5.91 Å². The normalized spacial score (nSPS) is 11.3. The molecule has 4 aromatic rings. The van der Waals surface area contributed by atoms with E-state index in [0.29, 0.717) is 17.9 Å². The number of aryl methyl sites for hydroxylation is 2. The summed E-state index contributed by atoms with van der Waals surface area (Å²) < 4.78 is 7.56. The maximum Gasteiger partial charge on any atom is 0.272 e. The summed E-state index contributed by atoms with van der Waals surface area (Å²) in [6, 6.07) is 17.2. The number of carbonyl (C=O) groups is 1. The quantitative estimate of drug-likeness (QED) is 0.225. The van der Waals surface area contributed by atoms with Gasteiger partial charge in [-0.15, -0.1) is 0 Å². The van der Waals surface area contributed by atoms with Crippen molar-refractivity contribution in [1.82, 2.24) is 20.2 Å². The van der Waals surface area contributed by atoms with Crippen LogP contribution in [0.1, 0.15) is 47.1 Å². The predicted octanol–water partition coefficient (Wildman–Crippen LogP) is 5.19. The predicted molar refractivity (Wildman–Crippen MR) is 135 cm³/mol. The van der Waals surface area contributed by atoms with Gasteiger partial charge >= 0.3 is 0 Å². The molecular formula is C27H29N5O2. The lowest BCUT2D eigenvalue weighted by atomic mass is 10.0. The van der Waals surface area contributed by atoms with Crippen LogP contribution < -0.4 is 10.2 Å². The monoisotopic (exact) mass is 455 g/mol. The average molecular weight is 456 g/mol. The van der Waals surface area contributed by atoms with Gasteiger partial charge in [0.15, 0.2) is 0 Å². The number of pyridine rings is 1. The van der Waals surface area contributed by atoms with E-state index in [1.165, 1.54) is 0 Å². The summed E-state index contributed by atoms with van der Waals surface area (Å²) in [4.78, 5) is 17.9. The second kappa shape index (κ2) is 10.3. The first-order valence-electron chi connectivity index (χ1n) is 11.4.